The molecule has 1 amide bonds. The molecule has 0 saturated carbocycles. The minimum atomic E-state index is -0.269. The summed E-state index contributed by atoms with van der Waals surface area (Å²) in [6.45, 7) is 5.26. The Bertz CT molecular complexity index is 799. The third-order valence-electron chi connectivity index (χ3n) is 4.95. The number of pyridine rings is 1. The molecule has 142 valence electrons. The topological polar surface area (TPSA) is 68.0 Å². The van der Waals surface area contributed by atoms with E-state index >= 15 is 0 Å². The standard InChI is InChI=1S/C21H26N4O2/c1-16(23-24-21(26)18-7-6-10-22-14-18)17-8-9-20(27-2)19(13-17)15-25-11-4-3-5-12-25/h6-10,13-14H,3-5,11-12,15H2,1-2H3,(H,24,26)/p+1/b23-16-. The molecule has 2 heterocycles. The summed E-state index contributed by atoms with van der Waals surface area (Å²) in [5.74, 6) is 0.637. The van der Waals surface area contributed by atoms with Gasteiger partial charge in [-0.1, -0.05) is 0 Å². The van der Waals surface area contributed by atoms with Crippen LogP contribution in [0.1, 0.15) is 47.7 Å². The molecule has 1 aromatic carbocycles. The predicted molar refractivity (Wildman–Crippen MR) is 105 cm³/mol. The summed E-state index contributed by atoms with van der Waals surface area (Å²) < 4.78 is 5.55. The number of amides is 1. The first-order valence-electron chi connectivity index (χ1n) is 9.43. The van der Waals surface area contributed by atoms with Crippen LogP contribution in [0.2, 0.25) is 0 Å². The lowest BCUT2D eigenvalue weighted by Gasteiger charge is -2.24. The Morgan fingerprint density at radius 3 is 2.74 bits per heavy atom. The number of benzene rings is 1. The van der Waals surface area contributed by atoms with Gasteiger partial charge in [-0.15, -0.1) is 0 Å². The number of methoxy groups -OCH3 is 1. The highest BCUT2D eigenvalue weighted by Crippen LogP contribution is 2.20. The van der Waals surface area contributed by atoms with E-state index in [1.165, 1.54) is 44.1 Å². The number of likely N-dealkylation sites (tertiary alicyclic amines) is 1. The molecule has 6 heteroatoms. The van der Waals surface area contributed by atoms with Crippen molar-refractivity contribution in [3.8, 4) is 5.75 Å². The zero-order chi connectivity index (χ0) is 19.1. The molecule has 1 saturated heterocycles. The maximum absolute atomic E-state index is 12.1. The van der Waals surface area contributed by atoms with Crippen LogP contribution in [0.5, 0.6) is 5.75 Å². The summed E-state index contributed by atoms with van der Waals surface area (Å²) in [6, 6.07) is 9.51. The number of hydrazone groups is 1. The van der Waals surface area contributed by atoms with Crippen LogP contribution in [0, 0.1) is 0 Å². The van der Waals surface area contributed by atoms with E-state index in [1.807, 2.05) is 19.1 Å². The number of hydrogen-bond acceptors (Lipinski definition) is 4. The van der Waals surface area contributed by atoms with Crippen LogP contribution in [0.3, 0.4) is 0 Å². The molecule has 27 heavy (non-hydrogen) atoms. The Balaban J connectivity index is 1.72. The Morgan fingerprint density at radius 2 is 2.04 bits per heavy atom. The molecule has 1 aliphatic heterocycles. The monoisotopic (exact) mass is 367 g/mol. The highest BCUT2D eigenvalue weighted by atomic mass is 16.5. The van der Waals surface area contributed by atoms with Gasteiger partial charge in [0.15, 0.2) is 0 Å². The number of carbonyl (C=O) groups is 1. The van der Waals surface area contributed by atoms with Crippen LogP contribution >= 0.6 is 0 Å². The second-order valence-electron chi connectivity index (χ2n) is 6.89. The number of piperidine rings is 1. The van der Waals surface area contributed by atoms with Gasteiger partial charge in [0.2, 0.25) is 0 Å². The van der Waals surface area contributed by atoms with E-state index in [2.05, 4.69) is 21.6 Å². The fourth-order valence-corrected chi connectivity index (χ4v) is 3.40. The highest BCUT2D eigenvalue weighted by molar-refractivity contribution is 6.01. The summed E-state index contributed by atoms with van der Waals surface area (Å²) in [5, 5.41) is 4.26. The van der Waals surface area contributed by atoms with Crippen molar-refractivity contribution < 1.29 is 14.4 Å². The molecule has 0 aliphatic carbocycles. The van der Waals surface area contributed by atoms with E-state index in [9.17, 15) is 4.79 Å². The van der Waals surface area contributed by atoms with Crippen LogP contribution in [-0.2, 0) is 6.54 Å². The Kier molecular flexibility index (Phi) is 6.54. The average molecular weight is 367 g/mol. The maximum atomic E-state index is 12.1. The third kappa shape index (κ3) is 5.14. The minimum Gasteiger partial charge on any atom is -0.496 e. The number of ether oxygens (including phenoxy) is 1. The third-order valence-corrected chi connectivity index (χ3v) is 4.95. The molecule has 0 spiro atoms. The van der Waals surface area contributed by atoms with Crippen molar-refractivity contribution in [1.29, 1.82) is 0 Å². The maximum Gasteiger partial charge on any atom is 0.272 e. The SMILES string of the molecule is COc1ccc(/C(C)=N\NC(=O)c2cccnc2)cc1C[NH+]1CCCCC1. The van der Waals surface area contributed by atoms with Gasteiger partial charge in [0.05, 0.1) is 31.5 Å². The summed E-state index contributed by atoms with van der Waals surface area (Å²) in [6.07, 6.45) is 7.07. The van der Waals surface area contributed by atoms with Crippen molar-refractivity contribution in [1.82, 2.24) is 10.4 Å². The first-order chi connectivity index (χ1) is 13.2. The fourth-order valence-electron chi connectivity index (χ4n) is 3.40. The quantitative estimate of drug-likeness (QED) is 0.604. The average Bonchev–Trinajstić information content (AvgIpc) is 2.73. The van der Waals surface area contributed by atoms with E-state index in [4.69, 9.17) is 4.74 Å². The lowest BCUT2D eigenvalue weighted by molar-refractivity contribution is -0.918. The van der Waals surface area contributed by atoms with Crippen LogP contribution in [0.4, 0.5) is 0 Å². The number of quaternary nitrogens is 1. The van der Waals surface area contributed by atoms with Gasteiger partial charge >= 0.3 is 0 Å². The molecule has 0 unspecified atom stereocenters. The fraction of sp³-hybridized carbons (Fsp3) is 0.381. The molecule has 6 nitrogen and oxygen atoms in total. The largest absolute Gasteiger partial charge is 0.496 e. The van der Waals surface area contributed by atoms with E-state index in [-0.39, 0.29) is 5.91 Å². The lowest BCUT2D eigenvalue weighted by Crippen LogP contribution is -3.11. The van der Waals surface area contributed by atoms with Crippen molar-refractivity contribution in [3.05, 3.63) is 59.4 Å². The van der Waals surface area contributed by atoms with Gasteiger partial charge in [0, 0.05) is 18.0 Å². The van der Waals surface area contributed by atoms with E-state index in [1.54, 1.807) is 30.3 Å². The summed E-state index contributed by atoms with van der Waals surface area (Å²) in [5.41, 5.74) is 6.00. The molecule has 1 fully saturated rings. The molecular weight excluding hydrogens is 340 g/mol. The second kappa shape index (κ2) is 9.28. The van der Waals surface area contributed by atoms with Gasteiger partial charge in [0.1, 0.15) is 12.3 Å². The smallest absolute Gasteiger partial charge is 0.272 e. The number of rotatable bonds is 6. The second-order valence-corrected chi connectivity index (χ2v) is 6.89. The molecule has 2 aromatic rings. The van der Waals surface area contributed by atoms with Gasteiger partial charge in [0.25, 0.3) is 5.91 Å². The summed E-state index contributed by atoms with van der Waals surface area (Å²) in [4.78, 5) is 17.7. The van der Waals surface area contributed by atoms with E-state index in [0.29, 0.717) is 5.56 Å². The van der Waals surface area contributed by atoms with Gasteiger partial charge in [-0.3, -0.25) is 9.78 Å². The van der Waals surface area contributed by atoms with Crippen LogP contribution in [-0.4, -0.2) is 36.8 Å². The lowest BCUT2D eigenvalue weighted by atomic mass is 10.0. The zero-order valence-electron chi connectivity index (χ0n) is 16.0. The predicted octanol–water partition coefficient (Wildman–Crippen LogP) is 1.81. The van der Waals surface area contributed by atoms with Crippen molar-refractivity contribution >= 4 is 11.6 Å². The minimum absolute atomic E-state index is 0.269. The number of carbonyl (C=O) groups excluding carboxylic acids is 1. The molecule has 3 rings (SSSR count). The molecular formula is C21H27N4O2+. The Morgan fingerprint density at radius 1 is 1.22 bits per heavy atom. The van der Waals surface area contributed by atoms with E-state index < -0.39 is 0 Å². The van der Waals surface area contributed by atoms with Crippen molar-refractivity contribution in [3.63, 3.8) is 0 Å². The zero-order valence-corrected chi connectivity index (χ0v) is 16.0. The number of aromatic nitrogens is 1. The molecule has 0 radical (unpaired) electrons. The van der Waals surface area contributed by atoms with Gasteiger partial charge in [-0.25, -0.2) is 5.43 Å². The van der Waals surface area contributed by atoms with Crippen LogP contribution in [0.15, 0.2) is 47.8 Å². The van der Waals surface area contributed by atoms with E-state index in [0.717, 1.165) is 23.6 Å². The number of hydrogen-bond donors (Lipinski definition) is 2. The van der Waals surface area contributed by atoms with Crippen molar-refractivity contribution in [2.45, 2.75) is 32.7 Å². The van der Waals surface area contributed by atoms with Crippen molar-refractivity contribution in [2.75, 3.05) is 20.2 Å². The first kappa shape index (κ1) is 19.0. The Labute approximate surface area is 160 Å². The summed E-state index contributed by atoms with van der Waals surface area (Å²) in [7, 11) is 1.71. The Hall–Kier alpha value is -2.73. The molecule has 0 bridgehead atoms. The van der Waals surface area contributed by atoms with Crippen LogP contribution < -0.4 is 15.1 Å². The van der Waals surface area contributed by atoms with Gasteiger partial charge < -0.3 is 9.64 Å². The highest BCUT2D eigenvalue weighted by Gasteiger charge is 2.17. The number of nitrogens with zero attached hydrogens (tertiary/aromatic N) is 2. The molecule has 1 aliphatic rings. The van der Waals surface area contributed by atoms with Crippen molar-refractivity contribution in [2.24, 2.45) is 5.10 Å². The van der Waals surface area contributed by atoms with Crippen LogP contribution in [0.25, 0.3) is 0 Å². The molecule has 1 aromatic heterocycles. The normalized spacial score (nSPS) is 15.4. The van der Waals surface area contributed by atoms with Gasteiger partial charge in [-0.05, 0) is 62.1 Å². The number of nitrogens with one attached hydrogen (secondary N) is 2. The summed E-state index contributed by atoms with van der Waals surface area (Å²) >= 11 is 0. The molecule has 0 atom stereocenters. The first-order valence-corrected chi connectivity index (χ1v) is 9.43. The van der Waals surface area contributed by atoms with Gasteiger partial charge in [-0.2, -0.15) is 5.10 Å². The molecule has 2 N–H and O–H groups in total.